The fourth-order valence-electron chi connectivity index (χ4n) is 2.95. The van der Waals surface area contributed by atoms with E-state index in [1.807, 2.05) is 42.1 Å². The fourth-order valence-corrected chi connectivity index (χ4v) is 3.22. The van der Waals surface area contributed by atoms with Gasteiger partial charge in [-0.15, -0.1) is 0 Å². The lowest BCUT2D eigenvalue weighted by atomic mass is 10.1. The average Bonchev–Trinajstić information content (AvgIpc) is 3.16. The summed E-state index contributed by atoms with van der Waals surface area (Å²) in [5.74, 6) is 0.0929. The first-order valence-corrected chi connectivity index (χ1v) is 10.4. The van der Waals surface area contributed by atoms with Gasteiger partial charge in [0.05, 0.1) is 34.7 Å². The third-order valence-electron chi connectivity index (χ3n) is 4.53. The molecule has 0 spiro atoms. The predicted octanol–water partition coefficient (Wildman–Crippen LogP) is 4.15. The summed E-state index contributed by atoms with van der Waals surface area (Å²) in [6.07, 6.45) is 1.35. The van der Waals surface area contributed by atoms with Crippen molar-refractivity contribution < 1.29 is 19.1 Å². The zero-order chi connectivity index (χ0) is 24.0. The third-order valence-corrected chi connectivity index (χ3v) is 4.81. The molecule has 2 N–H and O–H groups in total. The van der Waals surface area contributed by atoms with Gasteiger partial charge >= 0.3 is 6.09 Å². The first kappa shape index (κ1) is 23.6. The lowest BCUT2D eigenvalue weighted by molar-refractivity contribution is -0.114. The first-order valence-electron chi connectivity index (χ1n) is 9.99. The van der Waals surface area contributed by atoms with Gasteiger partial charge in [-0.25, -0.2) is 9.78 Å². The number of nitrogens with zero attached hydrogens (tertiary/aromatic N) is 4. The lowest BCUT2D eigenvalue weighted by Gasteiger charge is -2.14. The maximum atomic E-state index is 12.0. The van der Waals surface area contributed by atoms with Crippen LogP contribution in [0.15, 0.2) is 41.8 Å². The molecule has 0 atom stereocenters. The molecule has 0 radical (unpaired) electrons. The standard InChI is InChI=1S/C22H21ClN6O4/c1-4-13-8-14(27-28-18(11-24)21(30)26-22(31)32-5-2)9-16(23)20(13)33-15-6-7-17-19(10-15)29(3)12-25-17/h6-10,12,27H,4-5H2,1-3H3,(H,26,30,31)/b28-18+. The van der Waals surface area contributed by atoms with E-state index in [-0.39, 0.29) is 6.61 Å². The second-order valence-electron chi connectivity index (χ2n) is 6.77. The summed E-state index contributed by atoms with van der Waals surface area (Å²) in [7, 11) is 1.90. The molecule has 1 heterocycles. The zero-order valence-corrected chi connectivity index (χ0v) is 18.9. The molecule has 2 amide bonds. The van der Waals surface area contributed by atoms with Crippen molar-refractivity contribution in [3.8, 4) is 17.6 Å². The summed E-state index contributed by atoms with van der Waals surface area (Å²) in [4.78, 5) is 27.6. The van der Waals surface area contributed by atoms with Crippen molar-refractivity contribution in [1.29, 1.82) is 5.26 Å². The van der Waals surface area contributed by atoms with Crippen molar-refractivity contribution >= 4 is 46.0 Å². The number of nitriles is 1. The Balaban J connectivity index is 1.81. The number of alkyl carbamates (subject to hydrolysis) is 1. The van der Waals surface area contributed by atoms with Gasteiger partial charge in [0, 0.05) is 13.1 Å². The van der Waals surface area contributed by atoms with Gasteiger partial charge in [0.2, 0.25) is 5.71 Å². The number of amides is 2. The van der Waals surface area contributed by atoms with E-state index in [1.54, 1.807) is 31.5 Å². The molecule has 3 rings (SSSR count). The summed E-state index contributed by atoms with van der Waals surface area (Å²) >= 11 is 6.47. The lowest BCUT2D eigenvalue weighted by Crippen LogP contribution is -2.36. The van der Waals surface area contributed by atoms with Gasteiger partial charge in [-0.2, -0.15) is 10.4 Å². The van der Waals surface area contributed by atoms with Gasteiger partial charge in [-0.1, -0.05) is 18.5 Å². The van der Waals surface area contributed by atoms with Gasteiger partial charge in [-0.3, -0.25) is 15.5 Å². The van der Waals surface area contributed by atoms with Crippen molar-refractivity contribution in [3.05, 3.63) is 47.2 Å². The number of ether oxygens (including phenoxy) is 2. The summed E-state index contributed by atoms with van der Waals surface area (Å²) in [5, 5.41) is 15.2. The Morgan fingerprint density at radius 2 is 2.06 bits per heavy atom. The number of benzene rings is 2. The molecule has 0 fully saturated rings. The van der Waals surface area contributed by atoms with E-state index in [4.69, 9.17) is 16.3 Å². The maximum absolute atomic E-state index is 12.0. The highest BCUT2D eigenvalue weighted by Gasteiger charge is 2.16. The molecular weight excluding hydrogens is 448 g/mol. The summed E-state index contributed by atoms with van der Waals surface area (Å²) in [5.41, 5.74) is 5.04. The van der Waals surface area contributed by atoms with Crippen molar-refractivity contribution in [3.63, 3.8) is 0 Å². The number of hydrogen-bond donors (Lipinski definition) is 2. The van der Waals surface area contributed by atoms with Crippen molar-refractivity contribution in [2.45, 2.75) is 20.3 Å². The summed E-state index contributed by atoms with van der Waals surface area (Å²) in [6, 6.07) is 10.5. The van der Waals surface area contributed by atoms with Crippen LogP contribution < -0.4 is 15.5 Å². The summed E-state index contributed by atoms with van der Waals surface area (Å²) in [6.45, 7) is 3.60. The second kappa shape index (κ2) is 10.5. The number of carbonyl (C=O) groups excluding carboxylic acids is 2. The predicted molar refractivity (Wildman–Crippen MR) is 123 cm³/mol. The number of carbonyl (C=O) groups is 2. The van der Waals surface area contributed by atoms with E-state index in [0.717, 1.165) is 16.6 Å². The van der Waals surface area contributed by atoms with Gasteiger partial charge in [0.1, 0.15) is 17.6 Å². The Labute approximate surface area is 194 Å². The number of aryl methyl sites for hydroxylation is 2. The molecule has 33 heavy (non-hydrogen) atoms. The van der Waals surface area contributed by atoms with Crippen molar-refractivity contribution in [1.82, 2.24) is 14.9 Å². The Bertz CT molecular complexity index is 1280. The van der Waals surface area contributed by atoms with Crippen LogP contribution in [-0.4, -0.2) is 33.9 Å². The smallest absolute Gasteiger partial charge is 0.414 e. The second-order valence-corrected chi connectivity index (χ2v) is 7.17. The molecule has 2 aromatic carbocycles. The topological polar surface area (TPSA) is 131 Å². The van der Waals surface area contributed by atoms with E-state index in [2.05, 4.69) is 20.2 Å². The molecule has 0 unspecified atom stereocenters. The van der Waals surface area contributed by atoms with Gasteiger partial charge in [-0.05, 0) is 43.2 Å². The minimum atomic E-state index is -0.990. The van der Waals surface area contributed by atoms with E-state index in [0.29, 0.717) is 28.6 Å². The van der Waals surface area contributed by atoms with Crippen molar-refractivity contribution in [2.24, 2.45) is 12.1 Å². The van der Waals surface area contributed by atoms with Gasteiger partial charge < -0.3 is 14.0 Å². The number of hydrazone groups is 1. The molecular formula is C22H21ClN6O4. The van der Waals surface area contributed by atoms with Crippen LogP contribution in [-0.2, 0) is 23.0 Å². The van der Waals surface area contributed by atoms with Crippen LogP contribution in [0, 0.1) is 11.3 Å². The largest absolute Gasteiger partial charge is 0.455 e. The summed E-state index contributed by atoms with van der Waals surface area (Å²) < 4.78 is 12.6. The molecule has 1 aromatic heterocycles. The number of imidazole rings is 1. The number of nitrogens with one attached hydrogen (secondary N) is 2. The van der Waals surface area contributed by atoms with Crippen LogP contribution in [0.2, 0.25) is 5.02 Å². The normalized spacial score (nSPS) is 11.1. The molecule has 0 bridgehead atoms. The van der Waals surface area contributed by atoms with E-state index in [1.165, 1.54) is 0 Å². The van der Waals surface area contributed by atoms with Crippen LogP contribution in [0.5, 0.6) is 11.5 Å². The third kappa shape index (κ3) is 5.58. The molecule has 3 aromatic rings. The molecule has 10 nitrogen and oxygen atoms in total. The van der Waals surface area contributed by atoms with Crippen LogP contribution in [0.3, 0.4) is 0 Å². The fraction of sp³-hybridized carbons (Fsp3) is 0.227. The molecule has 0 aliphatic rings. The van der Waals surface area contributed by atoms with Crippen LogP contribution in [0.4, 0.5) is 10.5 Å². The average molecular weight is 469 g/mol. The highest BCUT2D eigenvalue weighted by molar-refractivity contribution is 6.46. The molecule has 11 heteroatoms. The maximum Gasteiger partial charge on any atom is 0.414 e. The van der Waals surface area contributed by atoms with Crippen LogP contribution in [0.25, 0.3) is 11.0 Å². The Hall–Kier alpha value is -4.10. The zero-order valence-electron chi connectivity index (χ0n) is 18.2. The molecule has 170 valence electrons. The van der Waals surface area contributed by atoms with E-state index < -0.39 is 17.7 Å². The number of anilines is 1. The molecule has 0 aliphatic carbocycles. The van der Waals surface area contributed by atoms with Crippen molar-refractivity contribution in [2.75, 3.05) is 12.0 Å². The first-order chi connectivity index (χ1) is 15.9. The molecule has 0 saturated heterocycles. The Kier molecular flexibility index (Phi) is 7.48. The van der Waals surface area contributed by atoms with Gasteiger partial charge in [0.15, 0.2) is 0 Å². The van der Waals surface area contributed by atoms with Crippen LogP contribution in [0.1, 0.15) is 19.4 Å². The highest BCUT2D eigenvalue weighted by Crippen LogP contribution is 2.37. The van der Waals surface area contributed by atoms with E-state index >= 15 is 0 Å². The van der Waals surface area contributed by atoms with E-state index in [9.17, 15) is 14.9 Å². The number of imide groups is 1. The van der Waals surface area contributed by atoms with Gasteiger partial charge in [0.25, 0.3) is 5.91 Å². The minimum absolute atomic E-state index is 0.0824. The number of aromatic nitrogens is 2. The SMILES string of the molecule is CCOC(=O)NC(=O)/C(C#N)=N/Nc1cc(Cl)c(Oc2ccc3ncn(C)c3c2)c(CC)c1. The number of hydrogen-bond acceptors (Lipinski definition) is 8. The highest BCUT2D eigenvalue weighted by atomic mass is 35.5. The Morgan fingerprint density at radius 1 is 1.27 bits per heavy atom. The molecule has 0 aliphatic heterocycles. The monoisotopic (exact) mass is 468 g/mol. The number of rotatable bonds is 7. The Morgan fingerprint density at radius 3 is 2.76 bits per heavy atom. The quantitative estimate of drug-likeness (QED) is 0.393. The number of fused-ring (bicyclic) bond motifs is 1. The molecule has 0 saturated carbocycles. The van der Waals surface area contributed by atoms with Crippen LogP contribution >= 0.6 is 11.6 Å². The minimum Gasteiger partial charge on any atom is -0.455 e. The number of halogens is 1.